The number of ether oxygens (including phenoxy) is 1. The summed E-state index contributed by atoms with van der Waals surface area (Å²) in [6, 6.07) is 9.92. The van der Waals surface area contributed by atoms with Crippen molar-refractivity contribution in [2.75, 3.05) is 32.7 Å². The Morgan fingerprint density at radius 2 is 1.85 bits per heavy atom. The van der Waals surface area contributed by atoms with E-state index in [1.54, 1.807) is 0 Å². The lowest BCUT2D eigenvalue weighted by molar-refractivity contribution is -0.163. The van der Waals surface area contributed by atoms with Crippen LogP contribution in [0, 0.1) is 5.92 Å². The van der Waals surface area contributed by atoms with E-state index >= 15 is 0 Å². The zero-order valence-electron chi connectivity index (χ0n) is 16.0. The monoisotopic (exact) mass is 386 g/mol. The second kappa shape index (κ2) is 10.1. The molecule has 0 radical (unpaired) electrons. The number of hydrogen-bond donors (Lipinski definition) is 0. The second-order valence-corrected chi connectivity index (χ2v) is 7.56. The summed E-state index contributed by atoms with van der Waals surface area (Å²) in [4.78, 5) is 15.2. The minimum atomic E-state index is -4.37. The van der Waals surface area contributed by atoms with Gasteiger partial charge in [0, 0.05) is 19.6 Å². The molecule has 0 bridgehead atoms. The van der Waals surface area contributed by atoms with Gasteiger partial charge in [-0.25, -0.2) is 0 Å². The Morgan fingerprint density at radius 3 is 2.41 bits per heavy atom. The van der Waals surface area contributed by atoms with Crippen LogP contribution in [0.2, 0.25) is 0 Å². The normalized spacial score (nSPS) is 16.7. The third kappa shape index (κ3) is 8.30. The molecule has 1 aliphatic rings. The minimum Gasteiger partial charge on any atom is -0.373 e. The summed E-state index contributed by atoms with van der Waals surface area (Å²) in [5.74, 6) is -0.460. The van der Waals surface area contributed by atoms with Gasteiger partial charge in [-0.1, -0.05) is 44.2 Å². The van der Waals surface area contributed by atoms with Gasteiger partial charge in [0.25, 0.3) is 0 Å². The highest BCUT2D eigenvalue weighted by molar-refractivity contribution is 5.78. The molecule has 1 saturated heterocycles. The summed E-state index contributed by atoms with van der Waals surface area (Å²) < 4.78 is 44.2. The van der Waals surface area contributed by atoms with Crippen molar-refractivity contribution in [1.82, 2.24) is 9.80 Å². The molecule has 0 aromatic heterocycles. The van der Waals surface area contributed by atoms with E-state index in [2.05, 4.69) is 0 Å². The van der Waals surface area contributed by atoms with E-state index in [4.69, 9.17) is 4.74 Å². The highest BCUT2D eigenvalue weighted by Gasteiger charge is 2.34. The first-order valence-electron chi connectivity index (χ1n) is 9.45. The molecular weight excluding hydrogens is 357 g/mol. The van der Waals surface area contributed by atoms with E-state index in [1.165, 1.54) is 0 Å². The van der Waals surface area contributed by atoms with Crippen molar-refractivity contribution in [3.8, 4) is 0 Å². The lowest BCUT2D eigenvalue weighted by Crippen LogP contribution is -2.48. The van der Waals surface area contributed by atoms with Crippen molar-refractivity contribution in [2.24, 2.45) is 5.92 Å². The molecule has 0 aliphatic carbocycles. The van der Waals surface area contributed by atoms with Crippen LogP contribution < -0.4 is 0 Å². The molecule has 0 unspecified atom stereocenters. The lowest BCUT2D eigenvalue weighted by atomic mass is 10.1. The average Bonchev–Trinajstić information content (AvgIpc) is 2.60. The van der Waals surface area contributed by atoms with E-state index in [0.29, 0.717) is 19.7 Å². The zero-order chi connectivity index (χ0) is 19.9. The highest BCUT2D eigenvalue weighted by Crippen LogP contribution is 2.19. The number of likely N-dealkylation sites (tertiary alicyclic amines) is 1. The molecule has 1 aliphatic heterocycles. The molecule has 0 saturated carbocycles. The Morgan fingerprint density at radius 1 is 1.22 bits per heavy atom. The number of halogens is 3. The predicted octanol–water partition coefficient (Wildman–Crippen LogP) is 3.71. The molecule has 0 atom stereocenters. The first-order chi connectivity index (χ1) is 12.7. The van der Waals surface area contributed by atoms with E-state index in [0.717, 1.165) is 23.3 Å². The lowest BCUT2D eigenvalue weighted by Gasteiger charge is -2.33. The fourth-order valence-electron chi connectivity index (χ4n) is 3.23. The SMILES string of the molecule is CC(C)CN(CC(F)(F)F)C(=O)CN1CCC(OCc2ccccc2)CC1. The molecule has 1 heterocycles. The molecule has 2 rings (SSSR count). The van der Waals surface area contributed by atoms with Crippen molar-refractivity contribution >= 4 is 5.91 Å². The molecule has 7 heteroatoms. The maximum Gasteiger partial charge on any atom is 0.406 e. The van der Waals surface area contributed by atoms with Crippen LogP contribution in [0.1, 0.15) is 32.3 Å². The molecule has 0 N–H and O–H groups in total. The van der Waals surface area contributed by atoms with E-state index in [-0.39, 0.29) is 25.1 Å². The Kier molecular flexibility index (Phi) is 8.10. The number of rotatable bonds is 8. The van der Waals surface area contributed by atoms with Gasteiger partial charge in [-0.2, -0.15) is 13.2 Å². The Hall–Kier alpha value is -1.60. The highest BCUT2D eigenvalue weighted by atomic mass is 19.4. The third-order valence-electron chi connectivity index (χ3n) is 4.53. The molecule has 1 fully saturated rings. The van der Waals surface area contributed by atoms with E-state index < -0.39 is 18.6 Å². The summed E-state index contributed by atoms with van der Waals surface area (Å²) in [6.07, 6.45) is -2.69. The van der Waals surface area contributed by atoms with Gasteiger partial charge in [0.15, 0.2) is 0 Å². The molecule has 0 spiro atoms. The van der Waals surface area contributed by atoms with Crippen molar-refractivity contribution in [1.29, 1.82) is 0 Å². The summed E-state index contributed by atoms with van der Waals surface area (Å²) in [7, 11) is 0. The van der Waals surface area contributed by atoms with Gasteiger partial charge < -0.3 is 9.64 Å². The quantitative estimate of drug-likeness (QED) is 0.683. The van der Waals surface area contributed by atoms with Crippen LogP contribution in [-0.4, -0.2) is 60.7 Å². The third-order valence-corrected chi connectivity index (χ3v) is 4.53. The molecule has 1 amide bonds. The van der Waals surface area contributed by atoms with E-state index in [1.807, 2.05) is 49.1 Å². The fraction of sp³-hybridized carbons (Fsp3) is 0.650. The van der Waals surface area contributed by atoms with Gasteiger partial charge in [0.2, 0.25) is 5.91 Å². The van der Waals surface area contributed by atoms with Crippen molar-refractivity contribution in [3.05, 3.63) is 35.9 Å². The van der Waals surface area contributed by atoms with Gasteiger partial charge >= 0.3 is 6.18 Å². The number of hydrogen-bond acceptors (Lipinski definition) is 3. The van der Waals surface area contributed by atoms with Crippen LogP contribution in [0.3, 0.4) is 0 Å². The number of piperidine rings is 1. The first kappa shape index (κ1) is 21.7. The average molecular weight is 386 g/mol. The summed E-state index contributed by atoms with van der Waals surface area (Å²) in [5.41, 5.74) is 1.12. The number of carbonyl (C=O) groups excluding carboxylic acids is 1. The van der Waals surface area contributed by atoms with Crippen molar-refractivity contribution in [2.45, 2.75) is 45.6 Å². The van der Waals surface area contributed by atoms with Gasteiger partial charge in [-0.15, -0.1) is 0 Å². The fourth-order valence-corrected chi connectivity index (χ4v) is 3.23. The molecule has 152 valence electrons. The Bertz CT molecular complexity index is 570. The number of carbonyl (C=O) groups is 1. The standard InChI is InChI=1S/C20H29F3N2O2/c1-16(2)12-25(15-20(21,22)23)19(26)13-24-10-8-18(9-11-24)27-14-17-6-4-3-5-7-17/h3-7,16,18H,8-15H2,1-2H3. The van der Waals surface area contributed by atoms with Crippen LogP contribution in [0.25, 0.3) is 0 Å². The van der Waals surface area contributed by atoms with E-state index in [9.17, 15) is 18.0 Å². The predicted molar refractivity (Wildman–Crippen MR) is 98.2 cm³/mol. The Balaban J connectivity index is 1.76. The van der Waals surface area contributed by atoms with Crippen LogP contribution in [0.15, 0.2) is 30.3 Å². The summed E-state index contributed by atoms with van der Waals surface area (Å²) >= 11 is 0. The maximum absolute atomic E-state index is 12.7. The van der Waals surface area contributed by atoms with Gasteiger partial charge in [0.1, 0.15) is 6.54 Å². The van der Waals surface area contributed by atoms with Crippen LogP contribution in [0.4, 0.5) is 13.2 Å². The van der Waals surface area contributed by atoms with Crippen LogP contribution in [0.5, 0.6) is 0 Å². The van der Waals surface area contributed by atoms with Crippen molar-refractivity contribution < 1.29 is 22.7 Å². The molecule has 27 heavy (non-hydrogen) atoms. The summed E-state index contributed by atoms with van der Waals surface area (Å²) in [6.45, 7) is 4.47. The van der Waals surface area contributed by atoms with Crippen molar-refractivity contribution in [3.63, 3.8) is 0 Å². The van der Waals surface area contributed by atoms with Crippen LogP contribution in [-0.2, 0) is 16.1 Å². The smallest absolute Gasteiger partial charge is 0.373 e. The molecule has 1 aromatic carbocycles. The van der Waals surface area contributed by atoms with Gasteiger partial charge in [0.05, 0.1) is 19.3 Å². The summed E-state index contributed by atoms with van der Waals surface area (Å²) in [5, 5.41) is 0. The second-order valence-electron chi connectivity index (χ2n) is 7.56. The molecule has 1 aromatic rings. The topological polar surface area (TPSA) is 32.8 Å². The van der Waals surface area contributed by atoms with Gasteiger partial charge in [-0.05, 0) is 24.3 Å². The minimum absolute atomic E-state index is 0.00609. The zero-order valence-corrected chi connectivity index (χ0v) is 16.0. The first-order valence-corrected chi connectivity index (χ1v) is 9.45. The van der Waals surface area contributed by atoms with Gasteiger partial charge in [-0.3, -0.25) is 9.69 Å². The molecular formula is C20H29F3N2O2. The Labute approximate surface area is 159 Å². The number of nitrogens with zero attached hydrogens (tertiary/aromatic N) is 2. The number of amides is 1. The van der Waals surface area contributed by atoms with Crippen LogP contribution >= 0.6 is 0 Å². The maximum atomic E-state index is 12.7. The number of alkyl halides is 3. The molecule has 4 nitrogen and oxygen atoms in total. The largest absolute Gasteiger partial charge is 0.406 e. The number of benzene rings is 1.